The molecule has 2 rings (SSSR count). The highest BCUT2D eigenvalue weighted by molar-refractivity contribution is 6.33. The van der Waals surface area contributed by atoms with Gasteiger partial charge in [0.15, 0.2) is 0 Å². The van der Waals surface area contributed by atoms with Crippen molar-refractivity contribution < 1.29 is 4.79 Å². The molecular weight excluding hydrogens is 236 g/mol. The van der Waals surface area contributed by atoms with Gasteiger partial charge in [-0.25, -0.2) is 0 Å². The van der Waals surface area contributed by atoms with Crippen molar-refractivity contribution in [1.82, 2.24) is 5.32 Å². The highest BCUT2D eigenvalue weighted by atomic mass is 35.5. The molecule has 0 saturated carbocycles. The summed E-state index contributed by atoms with van der Waals surface area (Å²) >= 11 is 6.13. The molecule has 3 nitrogen and oxygen atoms in total. The van der Waals surface area contributed by atoms with Crippen molar-refractivity contribution in [2.45, 2.75) is 32.2 Å². The number of halogens is 1. The van der Waals surface area contributed by atoms with Crippen LogP contribution in [0.15, 0.2) is 18.2 Å². The van der Waals surface area contributed by atoms with Gasteiger partial charge in [-0.1, -0.05) is 17.7 Å². The van der Waals surface area contributed by atoms with Gasteiger partial charge in [0.2, 0.25) is 5.91 Å². The zero-order valence-corrected chi connectivity index (χ0v) is 10.7. The van der Waals surface area contributed by atoms with Crippen LogP contribution in [0.3, 0.4) is 0 Å². The van der Waals surface area contributed by atoms with Crippen molar-refractivity contribution in [3.63, 3.8) is 0 Å². The minimum atomic E-state index is 0.115. The summed E-state index contributed by atoms with van der Waals surface area (Å²) in [5, 5.41) is 6.95. The maximum absolute atomic E-state index is 11.5. The van der Waals surface area contributed by atoms with E-state index in [1.165, 1.54) is 0 Å². The molecule has 2 N–H and O–H groups in total. The van der Waals surface area contributed by atoms with Crippen LogP contribution in [-0.4, -0.2) is 18.5 Å². The SMILES string of the molecule is Cc1ccc(Cl)c(NC2CCCNC(=O)C2)c1. The van der Waals surface area contributed by atoms with Crippen LogP contribution >= 0.6 is 11.6 Å². The molecule has 1 aromatic rings. The van der Waals surface area contributed by atoms with E-state index < -0.39 is 0 Å². The van der Waals surface area contributed by atoms with Gasteiger partial charge in [0, 0.05) is 19.0 Å². The van der Waals surface area contributed by atoms with E-state index in [1.54, 1.807) is 0 Å². The number of carbonyl (C=O) groups is 1. The second-order valence-electron chi connectivity index (χ2n) is 4.52. The first-order chi connectivity index (χ1) is 8.15. The van der Waals surface area contributed by atoms with Gasteiger partial charge in [-0.3, -0.25) is 4.79 Å². The van der Waals surface area contributed by atoms with Gasteiger partial charge < -0.3 is 10.6 Å². The zero-order valence-electron chi connectivity index (χ0n) is 9.92. The lowest BCUT2D eigenvalue weighted by molar-refractivity contribution is -0.120. The molecule has 1 heterocycles. The topological polar surface area (TPSA) is 41.1 Å². The fourth-order valence-corrected chi connectivity index (χ4v) is 2.24. The number of benzene rings is 1. The zero-order chi connectivity index (χ0) is 12.3. The molecule has 17 heavy (non-hydrogen) atoms. The van der Waals surface area contributed by atoms with Crippen LogP contribution in [-0.2, 0) is 4.79 Å². The lowest BCUT2D eigenvalue weighted by atomic mass is 10.1. The summed E-state index contributed by atoms with van der Waals surface area (Å²) in [6.07, 6.45) is 2.51. The molecular formula is C13H17ClN2O. The van der Waals surface area contributed by atoms with Crippen LogP contribution in [0.25, 0.3) is 0 Å². The average Bonchev–Trinajstić information content (AvgIpc) is 2.48. The normalized spacial score (nSPS) is 20.6. The predicted octanol–water partition coefficient (Wildman–Crippen LogP) is 2.73. The summed E-state index contributed by atoms with van der Waals surface area (Å²) < 4.78 is 0. The molecule has 1 atom stereocenters. The summed E-state index contributed by atoms with van der Waals surface area (Å²) in [5.74, 6) is 0.115. The van der Waals surface area contributed by atoms with Crippen molar-refractivity contribution in [3.05, 3.63) is 28.8 Å². The highest BCUT2D eigenvalue weighted by Crippen LogP contribution is 2.25. The van der Waals surface area contributed by atoms with Crippen LogP contribution < -0.4 is 10.6 Å². The van der Waals surface area contributed by atoms with E-state index in [0.717, 1.165) is 30.6 Å². The lowest BCUT2D eigenvalue weighted by Crippen LogP contribution is -2.26. The molecule has 0 radical (unpaired) electrons. The number of carbonyl (C=O) groups excluding carboxylic acids is 1. The summed E-state index contributed by atoms with van der Waals surface area (Å²) in [6, 6.07) is 6.06. The number of nitrogens with one attached hydrogen (secondary N) is 2. The first kappa shape index (κ1) is 12.2. The molecule has 1 aromatic carbocycles. The van der Waals surface area contributed by atoms with E-state index in [1.807, 2.05) is 25.1 Å². The van der Waals surface area contributed by atoms with Crippen LogP contribution in [0, 0.1) is 6.92 Å². The van der Waals surface area contributed by atoms with E-state index in [9.17, 15) is 4.79 Å². The molecule has 92 valence electrons. The average molecular weight is 253 g/mol. The predicted molar refractivity (Wildman–Crippen MR) is 70.5 cm³/mol. The Bertz CT molecular complexity index is 420. The summed E-state index contributed by atoms with van der Waals surface area (Å²) in [5.41, 5.74) is 2.08. The van der Waals surface area contributed by atoms with E-state index in [0.29, 0.717) is 11.4 Å². The highest BCUT2D eigenvalue weighted by Gasteiger charge is 2.17. The smallest absolute Gasteiger partial charge is 0.222 e. The largest absolute Gasteiger partial charge is 0.381 e. The molecule has 1 fully saturated rings. The standard InChI is InChI=1S/C13H17ClN2O/c1-9-4-5-11(14)12(7-9)16-10-3-2-6-15-13(17)8-10/h4-5,7,10,16H,2-3,6,8H2,1H3,(H,15,17). The molecule has 1 unspecified atom stereocenters. The molecule has 4 heteroatoms. The van der Waals surface area contributed by atoms with Crippen molar-refractivity contribution in [1.29, 1.82) is 0 Å². The summed E-state index contributed by atoms with van der Waals surface area (Å²) in [7, 11) is 0. The Balaban J connectivity index is 2.08. The maximum Gasteiger partial charge on any atom is 0.222 e. The van der Waals surface area contributed by atoms with Crippen LogP contribution in [0.5, 0.6) is 0 Å². The van der Waals surface area contributed by atoms with Crippen molar-refractivity contribution in [2.24, 2.45) is 0 Å². The van der Waals surface area contributed by atoms with Gasteiger partial charge in [-0.05, 0) is 37.5 Å². The van der Waals surface area contributed by atoms with Crippen molar-refractivity contribution in [3.8, 4) is 0 Å². The fourth-order valence-electron chi connectivity index (χ4n) is 2.07. The minimum Gasteiger partial charge on any atom is -0.381 e. The second kappa shape index (κ2) is 5.41. The maximum atomic E-state index is 11.5. The first-order valence-corrected chi connectivity index (χ1v) is 6.32. The third-order valence-corrected chi connectivity index (χ3v) is 3.29. The first-order valence-electron chi connectivity index (χ1n) is 5.94. The molecule has 1 amide bonds. The Kier molecular flexibility index (Phi) is 3.89. The molecule has 1 aliphatic heterocycles. The van der Waals surface area contributed by atoms with E-state index >= 15 is 0 Å². The van der Waals surface area contributed by atoms with Gasteiger partial charge in [0.25, 0.3) is 0 Å². The Morgan fingerprint density at radius 2 is 2.29 bits per heavy atom. The third kappa shape index (κ3) is 3.37. The van der Waals surface area contributed by atoms with E-state index in [2.05, 4.69) is 10.6 Å². The Morgan fingerprint density at radius 1 is 1.47 bits per heavy atom. The van der Waals surface area contributed by atoms with Crippen LogP contribution in [0.1, 0.15) is 24.8 Å². The Labute approximate surface area is 107 Å². The monoisotopic (exact) mass is 252 g/mol. The molecule has 1 aliphatic rings. The van der Waals surface area contributed by atoms with Gasteiger partial charge >= 0.3 is 0 Å². The molecule has 0 aromatic heterocycles. The number of anilines is 1. The van der Waals surface area contributed by atoms with Crippen LogP contribution in [0.4, 0.5) is 5.69 Å². The molecule has 1 saturated heterocycles. The number of hydrogen-bond acceptors (Lipinski definition) is 2. The molecule has 0 bridgehead atoms. The van der Waals surface area contributed by atoms with Crippen LogP contribution in [0.2, 0.25) is 5.02 Å². The number of rotatable bonds is 2. The van der Waals surface area contributed by atoms with Crippen molar-refractivity contribution >= 4 is 23.2 Å². The van der Waals surface area contributed by atoms with E-state index in [4.69, 9.17) is 11.6 Å². The summed E-state index contributed by atoms with van der Waals surface area (Å²) in [4.78, 5) is 11.5. The van der Waals surface area contributed by atoms with Crippen molar-refractivity contribution in [2.75, 3.05) is 11.9 Å². The van der Waals surface area contributed by atoms with Gasteiger partial charge in [-0.15, -0.1) is 0 Å². The lowest BCUT2D eigenvalue weighted by Gasteiger charge is -2.18. The number of hydrogen-bond donors (Lipinski definition) is 2. The Morgan fingerprint density at radius 3 is 3.12 bits per heavy atom. The third-order valence-electron chi connectivity index (χ3n) is 2.96. The van der Waals surface area contributed by atoms with E-state index in [-0.39, 0.29) is 11.9 Å². The fraction of sp³-hybridized carbons (Fsp3) is 0.462. The quantitative estimate of drug-likeness (QED) is 0.850. The Hall–Kier alpha value is -1.22. The van der Waals surface area contributed by atoms with Gasteiger partial charge in [0.05, 0.1) is 10.7 Å². The molecule has 0 spiro atoms. The summed E-state index contributed by atoms with van der Waals surface area (Å²) in [6.45, 7) is 2.81. The number of amides is 1. The molecule has 0 aliphatic carbocycles. The number of aryl methyl sites for hydroxylation is 1. The second-order valence-corrected chi connectivity index (χ2v) is 4.93. The van der Waals surface area contributed by atoms with Gasteiger partial charge in [-0.2, -0.15) is 0 Å². The minimum absolute atomic E-state index is 0.115. The van der Waals surface area contributed by atoms with Gasteiger partial charge in [0.1, 0.15) is 0 Å².